The van der Waals surface area contributed by atoms with E-state index in [0.717, 1.165) is 28.6 Å². The summed E-state index contributed by atoms with van der Waals surface area (Å²) in [7, 11) is 0. The maximum Gasteiger partial charge on any atom is 0.221 e. The number of nitrogens with zero attached hydrogens (tertiary/aromatic N) is 4. The Balaban J connectivity index is 1.61. The first-order valence-corrected chi connectivity index (χ1v) is 11.5. The Morgan fingerprint density at radius 1 is 1.06 bits per heavy atom. The van der Waals surface area contributed by atoms with Crippen molar-refractivity contribution in [3.8, 4) is 5.82 Å². The number of carbonyl (C=O) groups is 1. The van der Waals surface area contributed by atoms with Gasteiger partial charge < -0.3 is 20.1 Å². The largest absolute Gasteiger partial charge is 0.351 e. The molecule has 9 heteroatoms. The van der Waals surface area contributed by atoms with Gasteiger partial charge in [0.15, 0.2) is 5.11 Å². The van der Waals surface area contributed by atoms with Crippen molar-refractivity contribution in [3.63, 3.8) is 0 Å². The van der Waals surface area contributed by atoms with Crippen LogP contribution in [0.15, 0.2) is 85.3 Å². The second kappa shape index (κ2) is 9.24. The molecule has 4 heterocycles. The van der Waals surface area contributed by atoms with Crippen LogP contribution in [0.25, 0.3) is 5.82 Å². The summed E-state index contributed by atoms with van der Waals surface area (Å²) in [4.78, 5) is 22.6. The lowest BCUT2D eigenvalue weighted by molar-refractivity contribution is -0.114. The van der Waals surface area contributed by atoms with Crippen LogP contribution in [0.5, 0.6) is 0 Å². The van der Waals surface area contributed by atoms with Crippen molar-refractivity contribution in [3.05, 3.63) is 102 Å². The number of hydrogen-bond donors (Lipinski definition) is 2. The standard InChI is InChI=1S/C25H21ClN6OS/c1-16(33)29-18-8-10-19(11-9-18)32-24(23(30-25(32)34)20-5-2-3-13-27-20)21-6-4-14-31(21)22-12-7-17(26)15-28-22/h2-15,23-24H,1H3,(H,29,33)(H,30,34). The molecular weight excluding hydrogens is 468 g/mol. The molecule has 4 aromatic rings. The van der Waals surface area contributed by atoms with Crippen LogP contribution < -0.4 is 15.5 Å². The third-order valence-corrected chi connectivity index (χ3v) is 6.14. The number of thiocarbonyl (C=S) groups is 1. The molecule has 2 N–H and O–H groups in total. The first kappa shape index (κ1) is 22.1. The van der Waals surface area contributed by atoms with E-state index in [1.807, 2.05) is 71.4 Å². The monoisotopic (exact) mass is 488 g/mol. The summed E-state index contributed by atoms with van der Waals surface area (Å²) in [6.45, 7) is 1.49. The van der Waals surface area contributed by atoms with Crippen molar-refractivity contribution in [2.45, 2.75) is 19.0 Å². The lowest BCUT2D eigenvalue weighted by atomic mass is 10.0. The molecule has 1 amide bonds. The second-order valence-corrected chi connectivity index (χ2v) is 8.69. The predicted molar refractivity (Wildman–Crippen MR) is 137 cm³/mol. The van der Waals surface area contributed by atoms with Gasteiger partial charge in [-0.05, 0) is 72.9 Å². The average Bonchev–Trinajstić information content (AvgIpc) is 3.45. The molecule has 7 nitrogen and oxygen atoms in total. The number of benzene rings is 1. The van der Waals surface area contributed by atoms with Crippen molar-refractivity contribution >= 4 is 46.2 Å². The predicted octanol–water partition coefficient (Wildman–Crippen LogP) is 5.06. The number of carbonyl (C=O) groups excluding carboxylic acids is 1. The smallest absolute Gasteiger partial charge is 0.221 e. The summed E-state index contributed by atoms with van der Waals surface area (Å²) < 4.78 is 2.03. The van der Waals surface area contributed by atoms with E-state index < -0.39 is 0 Å². The van der Waals surface area contributed by atoms with Crippen molar-refractivity contribution in [2.75, 3.05) is 10.2 Å². The molecular formula is C25H21ClN6OS. The molecule has 1 saturated heterocycles. The van der Waals surface area contributed by atoms with Gasteiger partial charge in [-0.3, -0.25) is 9.78 Å². The molecule has 2 atom stereocenters. The van der Waals surface area contributed by atoms with Crippen LogP contribution in [0.2, 0.25) is 5.02 Å². The first-order chi connectivity index (χ1) is 16.5. The Kier molecular flexibility index (Phi) is 6.00. The molecule has 0 saturated carbocycles. The molecule has 170 valence electrons. The Hall–Kier alpha value is -3.75. The summed E-state index contributed by atoms with van der Waals surface area (Å²) >= 11 is 11.9. The van der Waals surface area contributed by atoms with E-state index in [1.54, 1.807) is 12.4 Å². The fourth-order valence-electron chi connectivity index (χ4n) is 4.20. The minimum Gasteiger partial charge on any atom is -0.351 e. The minimum absolute atomic E-state index is 0.118. The molecule has 0 aliphatic carbocycles. The molecule has 5 rings (SSSR count). The molecule has 1 aliphatic rings. The summed E-state index contributed by atoms with van der Waals surface area (Å²) in [5.74, 6) is 0.635. The number of rotatable bonds is 5. The van der Waals surface area contributed by atoms with Crippen molar-refractivity contribution in [2.24, 2.45) is 0 Å². The van der Waals surface area contributed by atoms with Crippen molar-refractivity contribution in [1.29, 1.82) is 0 Å². The van der Waals surface area contributed by atoms with E-state index >= 15 is 0 Å². The quantitative estimate of drug-likeness (QED) is 0.383. The zero-order chi connectivity index (χ0) is 23.7. The normalized spacial score (nSPS) is 17.5. The minimum atomic E-state index is -0.207. The highest BCUT2D eigenvalue weighted by Gasteiger charge is 2.42. The lowest BCUT2D eigenvalue weighted by Crippen LogP contribution is -2.30. The van der Waals surface area contributed by atoms with E-state index in [2.05, 4.69) is 31.6 Å². The number of nitrogens with one attached hydrogen (secondary N) is 2. The Labute approximate surface area is 207 Å². The number of hydrogen-bond acceptors (Lipinski definition) is 4. The van der Waals surface area contributed by atoms with Gasteiger partial charge in [0.25, 0.3) is 0 Å². The average molecular weight is 489 g/mol. The summed E-state index contributed by atoms with van der Waals surface area (Å²) in [6, 6.07) is 20.8. The second-order valence-electron chi connectivity index (χ2n) is 7.86. The summed E-state index contributed by atoms with van der Waals surface area (Å²) in [6.07, 6.45) is 5.38. The zero-order valence-corrected chi connectivity index (χ0v) is 19.8. The summed E-state index contributed by atoms with van der Waals surface area (Å²) in [5, 5.41) is 7.43. The first-order valence-electron chi connectivity index (χ1n) is 10.7. The van der Waals surface area contributed by atoms with Crippen molar-refractivity contribution < 1.29 is 4.79 Å². The topological polar surface area (TPSA) is 75.1 Å². The van der Waals surface area contributed by atoms with Gasteiger partial charge in [0.05, 0.1) is 16.8 Å². The zero-order valence-electron chi connectivity index (χ0n) is 18.2. The van der Waals surface area contributed by atoms with E-state index in [4.69, 9.17) is 23.8 Å². The van der Waals surface area contributed by atoms with Crippen LogP contribution in [-0.4, -0.2) is 25.6 Å². The lowest BCUT2D eigenvalue weighted by Gasteiger charge is -2.29. The number of halogens is 1. The van der Waals surface area contributed by atoms with E-state index in [9.17, 15) is 4.79 Å². The Morgan fingerprint density at radius 3 is 2.56 bits per heavy atom. The Bertz CT molecular complexity index is 1320. The molecule has 0 spiro atoms. The molecule has 34 heavy (non-hydrogen) atoms. The SMILES string of the molecule is CC(=O)Nc1ccc(N2C(=S)NC(c3ccccn3)C2c2cccn2-c2ccc(Cl)cn2)cc1. The molecule has 1 aliphatic heterocycles. The molecule has 0 bridgehead atoms. The van der Waals surface area contributed by atoms with Crippen LogP contribution in [0.4, 0.5) is 11.4 Å². The summed E-state index contributed by atoms with van der Waals surface area (Å²) in [5.41, 5.74) is 3.49. The molecule has 1 aromatic carbocycles. The van der Waals surface area contributed by atoms with E-state index in [0.29, 0.717) is 10.1 Å². The number of amides is 1. The van der Waals surface area contributed by atoms with Gasteiger partial charge in [-0.15, -0.1) is 0 Å². The van der Waals surface area contributed by atoms with Crippen LogP contribution in [0.3, 0.4) is 0 Å². The molecule has 0 radical (unpaired) electrons. The van der Waals surface area contributed by atoms with E-state index in [-0.39, 0.29) is 18.0 Å². The Morgan fingerprint density at radius 2 is 1.88 bits per heavy atom. The third-order valence-electron chi connectivity index (χ3n) is 5.61. The van der Waals surface area contributed by atoms with Crippen LogP contribution in [0, 0.1) is 0 Å². The van der Waals surface area contributed by atoms with Crippen LogP contribution in [-0.2, 0) is 4.79 Å². The van der Waals surface area contributed by atoms with Crippen LogP contribution in [0.1, 0.15) is 30.4 Å². The van der Waals surface area contributed by atoms with Gasteiger partial charge in [-0.2, -0.15) is 0 Å². The number of aromatic nitrogens is 3. The highest BCUT2D eigenvalue weighted by atomic mass is 35.5. The fourth-order valence-corrected chi connectivity index (χ4v) is 4.65. The molecule has 1 fully saturated rings. The third kappa shape index (κ3) is 4.25. The van der Waals surface area contributed by atoms with Gasteiger partial charge in [0, 0.05) is 42.6 Å². The maximum absolute atomic E-state index is 11.4. The van der Waals surface area contributed by atoms with Gasteiger partial charge in [-0.25, -0.2) is 4.98 Å². The number of pyridine rings is 2. The van der Waals surface area contributed by atoms with Gasteiger partial charge >= 0.3 is 0 Å². The van der Waals surface area contributed by atoms with Gasteiger partial charge in [0.2, 0.25) is 5.91 Å². The maximum atomic E-state index is 11.4. The van der Waals surface area contributed by atoms with Gasteiger partial charge in [0.1, 0.15) is 11.9 Å². The molecule has 2 unspecified atom stereocenters. The highest BCUT2D eigenvalue weighted by molar-refractivity contribution is 7.80. The highest BCUT2D eigenvalue weighted by Crippen LogP contribution is 2.42. The fraction of sp³-hybridized carbons (Fsp3) is 0.120. The molecule has 3 aromatic heterocycles. The van der Waals surface area contributed by atoms with Gasteiger partial charge in [-0.1, -0.05) is 17.7 Å². The van der Waals surface area contributed by atoms with Crippen molar-refractivity contribution in [1.82, 2.24) is 19.9 Å². The van der Waals surface area contributed by atoms with Crippen LogP contribution >= 0.6 is 23.8 Å². The number of anilines is 2. The van der Waals surface area contributed by atoms with E-state index in [1.165, 1.54) is 6.92 Å².